The van der Waals surface area contributed by atoms with Crippen LogP contribution in [0.15, 0.2) is 40.3 Å². The van der Waals surface area contributed by atoms with Crippen molar-refractivity contribution in [2.75, 3.05) is 39.3 Å². The van der Waals surface area contributed by atoms with E-state index in [9.17, 15) is 34.0 Å². The van der Waals surface area contributed by atoms with Crippen molar-refractivity contribution in [2.45, 2.75) is 148 Å². The van der Waals surface area contributed by atoms with Crippen LogP contribution in [-0.2, 0) is 40.2 Å². The number of likely N-dealkylation sites (tertiary alicyclic amines) is 2. The Morgan fingerprint density at radius 1 is 0.662 bits per heavy atom. The molecule has 8 amide bonds. The van der Waals surface area contributed by atoms with E-state index in [4.69, 9.17) is 24.0 Å². The SMILES string of the molecule is CC(=NC(=O)OC(C)(C)C)N1CCC(ONC(=O)[C@@H]2CC[C@@H]3CN2C(=O)N3O)C1.CC(=NC(=O)OC(C)(C)C)N1CCC(ONC(=O)[C@@H]2CC[C@@H]3CN2C(=O)N3OCc2ccccc2)C1. The molecule has 2 unspecified atom stereocenters. The first kappa shape index (κ1) is 48.9. The van der Waals surface area contributed by atoms with Gasteiger partial charge in [0.15, 0.2) is 0 Å². The standard InChI is InChI=1S/C25H35N5O6.C18H29N5O6/c1-17(26-23(32)35-25(2,3)4)28-13-12-20(15-28)36-27-22(31)21-11-10-19-14-29(21)24(33)30(19)34-16-18-8-6-5-7-9-18;1-11(19-16(25)28-18(2,3)4)21-8-7-13(10-21)29-20-15(24)14-6-5-12-9-22(14)17(26)23(12)27/h5-9,19-21H,10-16H2,1-4H3,(H,27,31);12-14,27H,5-10H2,1-4H3,(H,20,24)/t19-,20?,21+;12-,13?,14+/m11/s1. The Hall–Kier alpha value is -5.58. The lowest BCUT2D eigenvalue weighted by atomic mass is 10.0. The summed E-state index contributed by atoms with van der Waals surface area (Å²) in [6.45, 7) is 17.5. The van der Waals surface area contributed by atoms with Crippen LogP contribution in [0.3, 0.4) is 0 Å². The quantitative estimate of drug-likeness (QED) is 0.138. The number of hydrogen-bond donors (Lipinski definition) is 3. The van der Waals surface area contributed by atoms with Crippen LogP contribution in [0.2, 0.25) is 0 Å². The number of urea groups is 2. The first-order valence-corrected chi connectivity index (χ1v) is 22.2. The van der Waals surface area contributed by atoms with E-state index >= 15 is 0 Å². The van der Waals surface area contributed by atoms with Crippen LogP contribution in [0.4, 0.5) is 19.2 Å². The lowest BCUT2D eigenvalue weighted by molar-refractivity contribution is -0.143. The van der Waals surface area contributed by atoms with E-state index in [1.54, 1.807) is 60.3 Å². The first-order chi connectivity index (χ1) is 30.7. The fourth-order valence-electron chi connectivity index (χ4n) is 8.34. The molecule has 6 saturated heterocycles. The molecule has 0 aliphatic carbocycles. The van der Waals surface area contributed by atoms with Crippen molar-refractivity contribution in [3.05, 3.63) is 35.9 Å². The minimum absolute atomic E-state index is 0.0678. The molecule has 6 heterocycles. The summed E-state index contributed by atoms with van der Waals surface area (Å²) in [4.78, 5) is 106. The van der Waals surface area contributed by atoms with Crippen molar-refractivity contribution in [2.24, 2.45) is 9.98 Å². The number of hydrogen-bond acceptors (Lipinski definition) is 12. The van der Waals surface area contributed by atoms with Crippen LogP contribution in [-0.4, -0.2) is 170 Å². The Kier molecular flexibility index (Phi) is 15.6. The predicted octanol–water partition coefficient (Wildman–Crippen LogP) is 3.98. The first-order valence-electron chi connectivity index (χ1n) is 22.2. The average Bonchev–Trinajstić information content (AvgIpc) is 4.02. The summed E-state index contributed by atoms with van der Waals surface area (Å²) in [6.07, 6.45) is 1.77. The van der Waals surface area contributed by atoms with Gasteiger partial charge in [0.25, 0.3) is 11.8 Å². The number of rotatable bonds is 9. The normalized spacial score (nSPS) is 25.7. The summed E-state index contributed by atoms with van der Waals surface area (Å²) in [5.41, 5.74) is 4.76. The molecule has 6 atom stereocenters. The zero-order valence-electron chi connectivity index (χ0n) is 38.6. The van der Waals surface area contributed by atoms with Gasteiger partial charge >= 0.3 is 24.2 Å². The van der Waals surface area contributed by atoms with Crippen molar-refractivity contribution < 1.29 is 58.0 Å². The van der Waals surface area contributed by atoms with Gasteiger partial charge in [0.05, 0.1) is 12.1 Å². The third-order valence-corrected chi connectivity index (χ3v) is 11.6. The molecule has 6 aliphatic rings. The average molecular weight is 913 g/mol. The van der Waals surface area contributed by atoms with Gasteiger partial charge in [0.1, 0.15) is 53.8 Å². The number of nitrogens with one attached hydrogen (secondary N) is 2. The molecule has 7 rings (SSSR count). The molecule has 22 heteroatoms. The van der Waals surface area contributed by atoms with E-state index in [0.29, 0.717) is 101 Å². The predicted molar refractivity (Wildman–Crippen MR) is 232 cm³/mol. The fraction of sp³-hybridized carbons (Fsp3) is 0.674. The second-order valence-corrected chi connectivity index (χ2v) is 19.0. The maximum absolute atomic E-state index is 12.9. The molecular formula is C43H64N10O12. The minimum atomic E-state index is -0.649. The number of hydroxylamine groups is 6. The summed E-state index contributed by atoms with van der Waals surface area (Å²) in [7, 11) is 0. The number of amides is 8. The molecule has 1 aromatic carbocycles. The molecule has 0 aromatic heterocycles. The second-order valence-electron chi connectivity index (χ2n) is 19.0. The van der Waals surface area contributed by atoms with E-state index in [1.165, 1.54) is 9.96 Å². The van der Waals surface area contributed by atoms with Crippen LogP contribution in [0.5, 0.6) is 0 Å². The number of carbonyl (C=O) groups is 6. The molecule has 6 aliphatic heterocycles. The van der Waals surface area contributed by atoms with E-state index < -0.39 is 47.4 Å². The number of benzene rings is 1. The van der Waals surface area contributed by atoms with Gasteiger partial charge in [0, 0.05) is 39.3 Å². The van der Waals surface area contributed by atoms with Gasteiger partial charge in [-0.25, -0.2) is 35.2 Å². The molecule has 0 saturated carbocycles. The van der Waals surface area contributed by atoms with E-state index in [1.807, 2.05) is 40.1 Å². The second kappa shape index (κ2) is 20.7. The molecule has 65 heavy (non-hydrogen) atoms. The molecular weight excluding hydrogens is 849 g/mol. The zero-order chi connectivity index (χ0) is 47.2. The molecule has 6 fully saturated rings. The Labute approximate surface area is 379 Å². The molecule has 1 aromatic rings. The largest absolute Gasteiger partial charge is 0.442 e. The van der Waals surface area contributed by atoms with Crippen LogP contribution >= 0.6 is 0 Å². The monoisotopic (exact) mass is 912 g/mol. The zero-order valence-corrected chi connectivity index (χ0v) is 38.6. The van der Waals surface area contributed by atoms with E-state index in [0.717, 1.165) is 5.56 Å². The number of nitrogens with zero attached hydrogens (tertiary/aromatic N) is 8. The topological polar surface area (TPSA) is 237 Å². The summed E-state index contributed by atoms with van der Waals surface area (Å²) >= 11 is 0. The summed E-state index contributed by atoms with van der Waals surface area (Å²) in [5.74, 6) is 0.327. The number of ether oxygens (including phenoxy) is 2. The molecule has 358 valence electrons. The number of piperidine rings is 2. The smallest absolute Gasteiger partial charge is 0.435 e. The maximum atomic E-state index is 12.9. The highest BCUT2D eigenvalue weighted by Crippen LogP contribution is 2.31. The Bertz CT molecular complexity index is 1970. The number of carbonyl (C=O) groups excluding carboxylic acids is 6. The summed E-state index contributed by atoms with van der Waals surface area (Å²) in [5, 5.41) is 11.8. The van der Waals surface area contributed by atoms with Gasteiger partial charge in [-0.3, -0.25) is 29.3 Å². The molecule has 4 bridgehead atoms. The molecule has 22 nitrogen and oxygen atoms in total. The Morgan fingerprint density at radius 3 is 1.62 bits per heavy atom. The van der Waals surface area contributed by atoms with Crippen LogP contribution in [0.1, 0.15) is 99.5 Å². The lowest BCUT2D eigenvalue weighted by Gasteiger charge is -2.29. The highest BCUT2D eigenvalue weighted by atomic mass is 16.7. The van der Waals surface area contributed by atoms with Gasteiger partial charge in [-0.15, -0.1) is 0 Å². The summed E-state index contributed by atoms with van der Waals surface area (Å²) in [6, 6.07) is 7.24. The lowest BCUT2D eigenvalue weighted by Crippen LogP contribution is -2.50. The van der Waals surface area contributed by atoms with Crippen LogP contribution in [0, 0.1) is 0 Å². The van der Waals surface area contributed by atoms with E-state index in [-0.39, 0.29) is 36.2 Å². The third kappa shape index (κ3) is 13.0. The van der Waals surface area contributed by atoms with Crippen molar-refractivity contribution in [3.8, 4) is 0 Å². The van der Waals surface area contributed by atoms with Gasteiger partial charge in [-0.2, -0.15) is 15.0 Å². The Morgan fingerprint density at radius 2 is 1.12 bits per heavy atom. The summed E-state index contributed by atoms with van der Waals surface area (Å²) < 4.78 is 10.4. The van der Waals surface area contributed by atoms with Gasteiger partial charge < -0.3 is 29.1 Å². The highest BCUT2D eigenvalue weighted by Gasteiger charge is 2.49. The minimum Gasteiger partial charge on any atom is -0.442 e. The van der Waals surface area contributed by atoms with Gasteiger partial charge in [-0.1, -0.05) is 30.3 Å². The Balaban J connectivity index is 0.000000221. The highest BCUT2D eigenvalue weighted by molar-refractivity contribution is 5.91. The molecule has 0 spiro atoms. The van der Waals surface area contributed by atoms with Crippen LogP contribution < -0.4 is 11.0 Å². The molecule has 3 N–H and O–H groups in total. The number of amidine groups is 2. The fourth-order valence-corrected chi connectivity index (χ4v) is 8.34. The van der Waals surface area contributed by atoms with E-state index in [2.05, 4.69) is 20.9 Å². The number of fused-ring (bicyclic) bond motifs is 4. The van der Waals surface area contributed by atoms with Gasteiger partial charge in [0.2, 0.25) is 0 Å². The van der Waals surface area contributed by atoms with Crippen molar-refractivity contribution in [1.29, 1.82) is 0 Å². The van der Waals surface area contributed by atoms with Crippen molar-refractivity contribution in [1.82, 2.24) is 40.7 Å². The molecule has 0 radical (unpaired) electrons. The third-order valence-electron chi connectivity index (χ3n) is 11.6. The van der Waals surface area contributed by atoms with Crippen molar-refractivity contribution in [3.63, 3.8) is 0 Å². The number of aliphatic imine (C=N–C) groups is 2. The van der Waals surface area contributed by atoms with Crippen molar-refractivity contribution >= 4 is 47.7 Å². The van der Waals surface area contributed by atoms with Gasteiger partial charge in [-0.05, 0) is 99.5 Å². The maximum Gasteiger partial charge on any atom is 0.435 e. The van der Waals surface area contributed by atoms with Crippen LogP contribution in [0.25, 0.3) is 0 Å².